The van der Waals surface area contributed by atoms with Crippen LogP contribution in [0.3, 0.4) is 0 Å². The number of hydrogen-bond donors (Lipinski definition) is 2. The fraction of sp³-hybridized carbons (Fsp3) is 0.455. The quantitative estimate of drug-likeness (QED) is 0.810. The van der Waals surface area contributed by atoms with Crippen molar-refractivity contribution in [3.63, 3.8) is 0 Å². The largest absolute Gasteiger partial charge is 0.389 e. The summed E-state index contributed by atoms with van der Waals surface area (Å²) >= 11 is 0. The molecule has 3 rings (SSSR count). The molecule has 0 spiro atoms. The predicted octanol–water partition coefficient (Wildman–Crippen LogP) is 5.02. The van der Waals surface area contributed by atoms with Crippen LogP contribution in [-0.2, 0) is 0 Å². The van der Waals surface area contributed by atoms with Crippen LogP contribution in [-0.4, -0.2) is 10.7 Å². The maximum Gasteiger partial charge on any atom is 0.0709 e. The van der Waals surface area contributed by atoms with Gasteiger partial charge in [-0.05, 0) is 24.0 Å². The first-order chi connectivity index (χ1) is 11.6. The van der Waals surface area contributed by atoms with Gasteiger partial charge < -0.3 is 10.4 Å². The van der Waals surface area contributed by atoms with Gasteiger partial charge in [0.05, 0.1) is 5.60 Å². The molecule has 2 aromatic carbocycles. The Balaban J connectivity index is 1.93. The normalized spacial score (nSPS) is 30.2. The summed E-state index contributed by atoms with van der Waals surface area (Å²) in [5, 5.41) is 15.3. The van der Waals surface area contributed by atoms with Crippen LogP contribution >= 0.6 is 0 Å². The third-order valence-corrected chi connectivity index (χ3v) is 5.61. The standard InChI is InChI=1S/C22H29NO/c1-3-4-15-22(24)16-20(18-11-7-5-8-12-18)23-21(17(22)2)19-13-9-6-10-14-19/h5-14,17,20-21,23-24H,3-4,15-16H2,1-2H3/t17-,20-,21-,22+/m0/s1. The Bertz CT molecular complexity index is 627. The van der Waals surface area contributed by atoms with Gasteiger partial charge in [0.1, 0.15) is 0 Å². The summed E-state index contributed by atoms with van der Waals surface area (Å²) in [6.07, 6.45) is 3.85. The van der Waals surface area contributed by atoms with E-state index in [4.69, 9.17) is 0 Å². The van der Waals surface area contributed by atoms with Gasteiger partial charge in [0.25, 0.3) is 0 Å². The zero-order valence-corrected chi connectivity index (χ0v) is 14.8. The highest BCUT2D eigenvalue weighted by Gasteiger charge is 2.45. The van der Waals surface area contributed by atoms with Crippen LogP contribution in [0.15, 0.2) is 60.7 Å². The Kier molecular flexibility index (Phi) is 5.37. The molecular weight excluding hydrogens is 294 g/mol. The number of nitrogens with one attached hydrogen (secondary N) is 1. The summed E-state index contributed by atoms with van der Waals surface area (Å²) in [4.78, 5) is 0. The minimum absolute atomic E-state index is 0.173. The van der Waals surface area contributed by atoms with E-state index in [9.17, 15) is 5.11 Å². The van der Waals surface area contributed by atoms with Crippen LogP contribution in [0, 0.1) is 5.92 Å². The molecule has 0 amide bonds. The van der Waals surface area contributed by atoms with Crippen molar-refractivity contribution in [1.82, 2.24) is 5.32 Å². The van der Waals surface area contributed by atoms with E-state index in [1.165, 1.54) is 11.1 Å². The molecule has 1 aliphatic rings. The lowest BCUT2D eigenvalue weighted by atomic mass is 9.70. The maximum atomic E-state index is 11.5. The van der Waals surface area contributed by atoms with E-state index >= 15 is 0 Å². The monoisotopic (exact) mass is 323 g/mol. The molecule has 2 aromatic rings. The third kappa shape index (κ3) is 3.55. The van der Waals surface area contributed by atoms with E-state index in [0.717, 1.165) is 25.7 Å². The Labute approximate surface area is 145 Å². The summed E-state index contributed by atoms with van der Waals surface area (Å²) < 4.78 is 0. The average molecular weight is 323 g/mol. The summed E-state index contributed by atoms with van der Waals surface area (Å²) in [5.74, 6) is 0.186. The molecule has 0 unspecified atom stereocenters. The summed E-state index contributed by atoms with van der Waals surface area (Å²) in [7, 11) is 0. The second kappa shape index (κ2) is 7.50. The highest BCUT2D eigenvalue weighted by Crippen LogP contribution is 2.45. The van der Waals surface area contributed by atoms with Crippen molar-refractivity contribution in [3.8, 4) is 0 Å². The number of rotatable bonds is 5. The molecule has 128 valence electrons. The van der Waals surface area contributed by atoms with Gasteiger partial charge >= 0.3 is 0 Å². The van der Waals surface area contributed by atoms with Crippen LogP contribution in [0.5, 0.6) is 0 Å². The second-order valence-electron chi connectivity index (χ2n) is 7.22. The van der Waals surface area contributed by atoms with Crippen molar-refractivity contribution in [2.24, 2.45) is 5.92 Å². The van der Waals surface area contributed by atoms with Crippen LogP contribution in [0.2, 0.25) is 0 Å². The Morgan fingerprint density at radius 3 is 2.17 bits per heavy atom. The average Bonchev–Trinajstić information content (AvgIpc) is 2.64. The smallest absolute Gasteiger partial charge is 0.0709 e. The van der Waals surface area contributed by atoms with Crippen molar-refractivity contribution in [3.05, 3.63) is 71.8 Å². The number of benzene rings is 2. The molecular formula is C22H29NO. The van der Waals surface area contributed by atoms with E-state index in [2.05, 4.69) is 73.8 Å². The number of aliphatic hydroxyl groups is 1. The second-order valence-corrected chi connectivity index (χ2v) is 7.22. The minimum Gasteiger partial charge on any atom is -0.389 e. The topological polar surface area (TPSA) is 32.3 Å². The molecule has 24 heavy (non-hydrogen) atoms. The molecule has 2 N–H and O–H groups in total. The molecule has 1 heterocycles. The van der Waals surface area contributed by atoms with Gasteiger partial charge in [-0.2, -0.15) is 0 Å². The lowest BCUT2D eigenvalue weighted by Crippen LogP contribution is -2.52. The van der Waals surface area contributed by atoms with Gasteiger partial charge in [0.2, 0.25) is 0 Å². The highest BCUT2D eigenvalue weighted by atomic mass is 16.3. The molecule has 0 radical (unpaired) electrons. The molecule has 0 aromatic heterocycles. The Hall–Kier alpha value is -1.64. The molecule has 1 aliphatic heterocycles. The van der Waals surface area contributed by atoms with Crippen LogP contribution in [0.4, 0.5) is 0 Å². The summed E-state index contributed by atoms with van der Waals surface area (Å²) in [6, 6.07) is 21.5. The lowest BCUT2D eigenvalue weighted by Gasteiger charge is -2.48. The van der Waals surface area contributed by atoms with Crippen molar-refractivity contribution in [2.75, 3.05) is 0 Å². The van der Waals surface area contributed by atoms with Crippen molar-refractivity contribution in [2.45, 2.75) is 57.2 Å². The van der Waals surface area contributed by atoms with E-state index in [1.807, 2.05) is 6.07 Å². The molecule has 0 aliphatic carbocycles. The van der Waals surface area contributed by atoms with Crippen molar-refractivity contribution in [1.29, 1.82) is 0 Å². The zero-order chi connectivity index (χ0) is 17.0. The molecule has 2 heteroatoms. The van der Waals surface area contributed by atoms with Crippen molar-refractivity contribution < 1.29 is 5.11 Å². The fourth-order valence-corrected chi connectivity index (χ4v) is 4.03. The van der Waals surface area contributed by atoms with Gasteiger partial charge in [-0.15, -0.1) is 0 Å². The van der Waals surface area contributed by atoms with Gasteiger partial charge in [0.15, 0.2) is 0 Å². The molecule has 2 nitrogen and oxygen atoms in total. The van der Waals surface area contributed by atoms with Crippen molar-refractivity contribution >= 4 is 0 Å². The number of unbranched alkanes of at least 4 members (excludes halogenated alkanes) is 1. The predicted molar refractivity (Wildman–Crippen MR) is 99.8 cm³/mol. The molecule has 1 saturated heterocycles. The first-order valence-electron chi connectivity index (χ1n) is 9.22. The van der Waals surface area contributed by atoms with E-state index < -0.39 is 5.60 Å². The number of hydrogen-bond acceptors (Lipinski definition) is 2. The lowest BCUT2D eigenvalue weighted by molar-refractivity contribution is -0.0752. The number of piperidine rings is 1. The zero-order valence-electron chi connectivity index (χ0n) is 14.8. The highest BCUT2D eigenvalue weighted by molar-refractivity contribution is 5.26. The molecule has 0 bridgehead atoms. The van der Waals surface area contributed by atoms with Gasteiger partial charge in [-0.3, -0.25) is 0 Å². The first-order valence-corrected chi connectivity index (χ1v) is 9.22. The van der Waals surface area contributed by atoms with Crippen LogP contribution in [0.1, 0.15) is 62.7 Å². The third-order valence-electron chi connectivity index (χ3n) is 5.61. The van der Waals surface area contributed by atoms with Gasteiger partial charge in [0, 0.05) is 18.0 Å². The van der Waals surface area contributed by atoms with Gasteiger partial charge in [-0.25, -0.2) is 0 Å². The maximum absolute atomic E-state index is 11.5. The van der Waals surface area contributed by atoms with Crippen LogP contribution < -0.4 is 5.32 Å². The molecule has 1 fully saturated rings. The van der Waals surface area contributed by atoms with Crippen LogP contribution in [0.25, 0.3) is 0 Å². The Morgan fingerprint density at radius 1 is 1.00 bits per heavy atom. The van der Waals surface area contributed by atoms with Gasteiger partial charge in [-0.1, -0.05) is 87.4 Å². The fourth-order valence-electron chi connectivity index (χ4n) is 4.03. The first kappa shape index (κ1) is 17.2. The van der Waals surface area contributed by atoms with E-state index in [0.29, 0.717) is 0 Å². The molecule has 0 saturated carbocycles. The molecule has 4 atom stereocenters. The summed E-state index contributed by atoms with van der Waals surface area (Å²) in [5.41, 5.74) is 1.91. The van der Waals surface area contributed by atoms with E-state index in [-0.39, 0.29) is 18.0 Å². The SMILES string of the molecule is CCCC[C@@]1(O)C[C@@H](c2ccccc2)N[C@H](c2ccccc2)[C@@H]1C. The minimum atomic E-state index is -0.623. The Morgan fingerprint density at radius 2 is 1.58 bits per heavy atom. The van der Waals surface area contributed by atoms with E-state index in [1.54, 1.807) is 0 Å². The summed E-state index contributed by atoms with van der Waals surface area (Å²) in [6.45, 7) is 4.39.